The Hall–Kier alpha value is -2.38. The number of H-pyrrole nitrogens is 1. The van der Waals surface area contributed by atoms with Gasteiger partial charge in [0.1, 0.15) is 0 Å². The molecule has 1 aromatic heterocycles. The largest absolute Gasteiger partial charge is 0.859 e. The van der Waals surface area contributed by atoms with Crippen molar-refractivity contribution in [3.63, 3.8) is 0 Å². The van der Waals surface area contributed by atoms with E-state index < -0.39 is 17.1 Å². The second-order valence-electron chi connectivity index (χ2n) is 5.68. The molecule has 0 saturated heterocycles. The number of benzene rings is 1. The fourth-order valence-electron chi connectivity index (χ4n) is 2.19. The Labute approximate surface area is 143 Å². The van der Waals surface area contributed by atoms with Gasteiger partial charge in [-0.15, -0.1) is 0 Å². The number of nitrogens with zero attached hydrogens (tertiary/aromatic N) is 2. The third-order valence-corrected chi connectivity index (χ3v) is 3.73. The number of quaternary nitrogens is 1. The minimum Gasteiger partial charge on any atom is -0.859 e. The fourth-order valence-corrected chi connectivity index (χ4v) is 2.31. The molecule has 1 heterocycles. The van der Waals surface area contributed by atoms with Gasteiger partial charge < -0.3 is 10.0 Å². The summed E-state index contributed by atoms with van der Waals surface area (Å²) in [6.07, 6.45) is 0. The second-order valence-corrected chi connectivity index (χ2v) is 6.11. The van der Waals surface area contributed by atoms with Gasteiger partial charge in [0.15, 0.2) is 0 Å². The molecule has 0 amide bonds. The Balaban J connectivity index is 2.54. The average Bonchev–Trinajstić information content (AvgIpc) is 2.48. The standard InChI is InChI=1S/C16H19ClN4O3/c1-10(18-8-9-20(2)3)13-14(22)19-16(24)21(15(13)23)12-6-4-11(17)5-7-12/h4-7,23H,8-9H2,1-3H3,(H,19,22,24). The topological polar surface area (TPSA) is 94.7 Å². The van der Waals surface area contributed by atoms with Crippen LogP contribution in [-0.2, 0) is 0 Å². The van der Waals surface area contributed by atoms with Gasteiger partial charge >= 0.3 is 5.69 Å². The van der Waals surface area contributed by atoms with E-state index in [4.69, 9.17) is 11.6 Å². The zero-order chi connectivity index (χ0) is 17.9. The maximum absolute atomic E-state index is 12.7. The van der Waals surface area contributed by atoms with Crippen molar-refractivity contribution in [2.75, 3.05) is 27.2 Å². The smallest absolute Gasteiger partial charge is 0.332 e. The van der Waals surface area contributed by atoms with Crippen molar-refractivity contribution in [3.05, 3.63) is 55.7 Å². The van der Waals surface area contributed by atoms with Gasteiger partial charge in [0.05, 0.1) is 32.7 Å². The van der Waals surface area contributed by atoms with E-state index >= 15 is 0 Å². The second kappa shape index (κ2) is 7.46. The molecule has 2 rings (SSSR count). The number of aromatic nitrogens is 2. The first-order valence-corrected chi connectivity index (χ1v) is 7.81. The maximum atomic E-state index is 12.7. The van der Waals surface area contributed by atoms with Crippen LogP contribution in [0.1, 0.15) is 12.5 Å². The normalized spacial score (nSPS) is 12.0. The van der Waals surface area contributed by atoms with Crippen molar-refractivity contribution in [2.24, 2.45) is 4.99 Å². The molecule has 0 fully saturated rings. The summed E-state index contributed by atoms with van der Waals surface area (Å²) < 4.78 is 0.906. The lowest BCUT2D eigenvalue weighted by Crippen LogP contribution is -3.06. The van der Waals surface area contributed by atoms with Crippen molar-refractivity contribution in [2.45, 2.75) is 6.92 Å². The number of rotatable bonds is 5. The Morgan fingerprint density at radius 2 is 1.92 bits per heavy atom. The highest BCUT2D eigenvalue weighted by Crippen LogP contribution is 2.17. The van der Waals surface area contributed by atoms with Crippen LogP contribution in [0.5, 0.6) is 5.88 Å². The Kier molecular flexibility index (Phi) is 5.58. The highest BCUT2D eigenvalue weighted by Gasteiger charge is 2.12. The summed E-state index contributed by atoms with van der Waals surface area (Å²) in [4.78, 5) is 31.8. The predicted molar refractivity (Wildman–Crippen MR) is 91.9 cm³/mol. The van der Waals surface area contributed by atoms with Crippen LogP contribution in [0.3, 0.4) is 0 Å². The van der Waals surface area contributed by atoms with Gasteiger partial charge in [0.2, 0.25) is 0 Å². The van der Waals surface area contributed by atoms with Gasteiger partial charge in [-0.25, -0.2) is 4.79 Å². The molecule has 0 aliphatic carbocycles. The lowest BCUT2D eigenvalue weighted by molar-refractivity contribution is -0.856. The van der Waals surface area contributed by atoms with Gasteiger partial charge in [-0.3, -0.25) is 19.3 Å². The van der Waals surface area contributed by atoms with Crippen LogP contribution in [0, 0.1) is 0 Å². The highest BCUT2D eigenvalue weighted by atomic mass is 35.5. The lowest BCUT2D eigenvalue weighted by Gasteiger charge is -2.19. The summed E-state index contributed by atoms with van der Waals surface area (Å²) in [5.74, 6) is -0.690. The van der Waals surface area contributed by atoms with Crippen molar-refractivity contribution in [1.29, 1.82) is 0 Å². The molecule has 0 atom stereocenters. The van der Waals surface area contributed by atoms with Crippen molar-refractivity contribution >= 4 is 17.3 Å². The Morgan fingerprint density at radius 3 is 2.50 bits per heavy atom. The van der Waals surface area contributed by atoms with Crippen LogP contribution in [0.4, 0.5) is 0 Å². The molecule has 0 radical (unpaired) electrons. The number of nitrogens with one attached hydrogen (secondary N) is 2. The Morgan fingerprint density at radius 1 is 1.29 bits per heavy atom. The summed E-state index contributed by atoms with van der Waals surface area (Å²) >= 11 is 5.82. The molecule has 0 aliphatic rings. The van der Waals surface area contributed by atoms with Gasteiger partial charge in [0, 0.05) is 16.4 Å². The molecule has 7 nitrogen and oxygen atoms in total. The van der Waals surface area contributed by atoms with Gasteiger partial charge in [-0.05, 0) is 37.1 Å². The fraction of sp³-hybridized carbons (Fsp3) is 0.312. The number of hydrogen-bond donors (Lipinski definition) is 2. The first kappa shape index (κ1) is 18.0. The summed E-state index contributed by atoms with van der Waals surface area (Å²) in [7, 11) is 3.97. The van der Waals surface area contributed by atoms with Gasteiger partial charge in [0.25, 0.3) is 5.56 Å². The molecule has 2 N–H and O–H groups in total. The minimum atomic E-state index is -0.790. The van der Waals surface area contributed by atoms with E-state index in [0.717, 1.165) is 11.1 Å². The van der Waals surface area contributed by atoms with E-state index in [2.05, 4.69) is 9.98 Å². The van der Waals surface area contributed by atoms with E-state index in [1.165, 1.54) is 17.0 Å². The molecule has 24 heavy (non-hydrogen) atoms. The van der Waals surface area contributed by atoms with E-state index in [0.29, 0.717) is 23.0 Å². The summed E-state index contributed by atoms with van der Waals surface area (Å²) in [5, 5.41) is 13.1. The molecule has 0 saturated carbocycles. The highest BCUT2D eigenvalue weighted by molar-refractivity contribution is 6.30. The molecule has 0 aliphatic heterocycles. The number of aliphatic imine (C=N–C) groups is 1. The zero-order valence-electron chi connectivity index (χ0n) is 13.7. The quantitative estimate of drug-likeness (QED) is 0.692. The van der Waals surface area contributed by atoms with Crippen molar-refractivity contribution in [1.82, 2.24) is 9.55 Å². The molecule has 128 valence electrons. The molecule has 8 heteroatoms. The molecule has 1 aromatic carbocycles. The zero-order valence-corrected chi connectivity index (χ0v) is 14.5. The third-order valence-electron chi connectivity index (χ3n) is 3.47. The maximum Gasteiger partial charge on any atom is 0.332 e. The molecule has 0 bridgehead atoms. The number of aromatic amines is 1. The first-order valence-electron chi connectivity index (χ1n) is 7.44. The van der Waals surface area contributed by atoms with Gasteiger partial charge in [-0.1, -0.05) is 11.6 Å². The van der Waals surface area contributed by atoms with Crippen molar-refractivity contribution in [3.8, 4) is 11.6 Å². The minimum absolute atomic E-state index is 0.127. The monoisotopic (exact) mass is 350 g/mol. The summed E-state index contributed by atoms with van der Waals surface area (Å²) in [5.41, 5.74) is -1.00. The van der Waals surface area contributed by atoms with E-state index in [1.807, 2.05) is 14.1 Å². The predicted octanol–water partition coefficient (Wildman–Crippen LogP) is -0.794. The lowest BCUT2D eigenvalue weighted by atomic mass is 10.2. The van der Waals surface area contributed by atoms with Crippen LogP contribution >= 0.6 is 11.6 Å². The van der Waals surface area contributed by atoms with Crippen LogP contribution in [0.25, 0.3) is 5.69 Å². The third kappa shape index (κ3) is 3.93. The first-order chi connectivity index (χ1) is 11.3. The van der Waals surface area contributed by atoms with Crippen molar-refractivity contribution < 1.29 is 10.0 Å². The summed E-state index contributed by atoms with van der Waals surface area (Å²) in [6.45, 7) is 2.83. The van der Waals surface area contributed by atoms with Crippen LogP contribution in [0.2, 0.25) is 5.02 Å². The number of likely N-dealkylation sites (N-methyl/N-ethyl adjacent to an activating group) is 1. The molecular formula is C16H19ClN4O3. The van der Waals surface area contributed by atoms with Crippen LogP contribution < -0.4 is 21.3 Å². The summed E-state index contributed by atoms with van der Waals surface area (Å²) in [6, 6.07) is 6.20. The van der Waals surface area contributed by atoms with Crippen LogP contribution in [0.15, 0.2) is 38.8 Å². The van der Waals surface area contributed by atoms with Crippen LogP contribution in [-0.4, -0.2) is 42.4 Å². The van der Waals surface area contributed by atoms with E-state index in [1.54, 1.807) is 19.1 Å². The van der Waals surface area contributed by atoms with E-state index in [-0.39, 0.29) is 5.56 Å². The number of halogens is 1. The molecule has 0 unspecified atom stereocenters. The van der Waals surface area contributed by atoms with E-state index in [9.17, 15) is 14.7 Å². The van der Waals surface area contributed by atoms with Gasteiger partial charge in [-0.2, -0.15) is 0 Å². The molecule has 2 aromatic rings. The molecule has 0 spiro atoms. The average molecular weight is 351 g/mol. The number of hydrogen-bond acceptors (Lipinski definition) is 4. The SMILES string of the molecule is CC(=NCC[NH+](C)C)c1c([O-])n(-c2ccc(Cl)cc2)c(=O)[nH]c1=O. The molecular weight excluding hydrogens is 332 g/mol. The Bertz CT molecular complexity index is 866.